The molecule has 9 heteroatoms. The zero-order valence-electron chi connectivity index (χ0n) is 18.6. The van der Waals surface area contributed by atoms with E-state index in [0.29, 0.717) is 22.8 Å². The molecular formula is C24H24FN5O3. The Hall–Kier alpha value is -4.01. The first-order valence-electron chi connectivity index (χ1n) is 10.5. The number of anilines is 2. The Morgan fingerprint density at radius 1 is 1.12 bits per heavy atom. The number of aryl methyl sites for hydroxylation is 1. The van der Waals surface area contributed by atoms with Gasteiger partial charge in [-0.1, -0.05) is 12.1 Å². The highest BCUT2D eigenvalue weighted by molar-refractivity contribution is 6.12. The molecule has 3 amide bonds. The van der Waals surface area contributed by atoms with Crippen molar-refractivity contribution in [2.75, 3.05) is 10.2 Å². The van der Waals surface area contributed by atoms with Crippen LogP contribution < -0.4 is 15.5 Å². The molecule has 1 aromatic heterocycles. The molecule has 2 aromatic carbocycles. The van der Waals surface area contributed by atoms with Crippen molar-refractivity contribution in [1.82, 2.24) is 15.1 Å². The van der Waals surface area contributed by atoms with Crippen LogP contribution in [-0.4, -0.2) is 33.0 Å². The molecule has 2 heterocycles. The first-order valence-corrected chi connectivity index (χ1v) is 10.5. The van der Waals surface area contributed by atoms with E-state index in [1.54, 1.807) is 61.0 Å². The number of nitrogens with one attached hydrogen (secondary N) is 2. The predicted molar refractivity (Wildman–Crippen MR) is 121 cm³/mol. The number of benzene rings is 2. The van der Waals surface area contributed by atoms with Crippen molar-refractivity contribution in [3.05, 3.63) is 77.4 Å². The molecule has 0 bridgehead atoms. The van der Waals surface area contributed by atoms with Crippen LogP contribution in [0.2, 0.25) is 0 Å². The summed E-state index contributed by atoms with van der Waals surface area (Å²) in [6, 6.07) is 14.3. The number of aromatic nitrogens is 2. The van der Waals surface area contributed by atoms with Crippen LogP contribution in [0.1, 0.15) is 35.6 Å². The highest BCUT2D eigenvalue weighted by Gasteiger charge is 2.48. The Kier molecular flexibility index (Phi) is 5.71. The summed E-state index contributed by atoms with van der Waals surface area (Å²) >= 11 is 0. The second-order valence-corrected chi connectivity index (χ2v) is 8.28. The maximum Gasteiger partial charge on any atom is 0.277 e. The largest absolute Gasteiger partial charge is 0.350 e. The van der Waals surface area contributed by atoms with Gasteiger partial charge in [0.2, 0.25) is 11.8 Å². The van der Waals surface area contributed by atoms with Crippen molar-refractivity contribution >= 4 is 29.1 Å². The number of carbonyl (C=O) groups excluding carboxylic acids is 3. The first kappa shape index (κ1) is 22.2. The van der Waals surface area contributed by atoms with Gasteiger partial charge in [-0.15, -0.1) is 0 Å². The molecule has 1 unspecified atom stereocenters. The lowest BCUT2D eigenvalue weighted by atomic mass is 9.93. The average molecular weight is 449 g/mol. The van der Waals surface area contributed by atoms with Gasteiger partial charge in [-0.3, -0.25) is 24.0 Å². The van der Waals surface area contributed by atoms with E-state index in [1.807, 2.05) is 0 Å². The van der Waals surface area contributed by atoms with Gasteiger partial charge in [-0.05, 0) is 61.9 Å². The number of carbonyl (C=O) groups is 3. The molecule has 0 saturated heterocycles. The lowest BCUT2D eigenvalue weighted by molar-refractivity contribution is -0.126. The number of hydrogen-bond donors (Lipinski definition) is 2. The van der Waals surface area contributed by atoms with Gasteiger partial charge in [0.25, 0.3) is 5.91 Å². The molecule has 1 atom stereocenters. The minimum absolute atomic E-state index is 0.157. The molecule has 0 spiro atoms. The molecule has 4 rings (SSSR count). The van der Waals surface area contributed by atoms with Crippen LogP contribution in [0, 0.1) is 12.7 Å². The summed E-state index contributed by atoms with van der Waals surface area (Å²) in [6.07, 6.45) is 0. The zero-order chi connectivity index (χ0) is 23.8. The molecule has 3 aromatic rings. The molecule has 0 saturated carbocycles. The Bertz CT molecular complexity index is 1220. The lowest BCUT2D eigenvalue weighted by Crippen LogP contribution is -2.64. The Balaban J connectivity index is 1.67. The molecule has 1 aliphatic heterocycles. The van der Waals surface area contributed by atoms with E-state index < -0.39 is 5.54 Å². The second-order valence-electron chi connectivity index (χ2n) is 8.28. The SMILES string of the molecule is CC(=O)Nc1ccc(N2C(=O)c3cc(C)nn3CC2(C)C(=O)NCc2ccc(F)cc2)cc1. The summed E-state index contributed by atoms with van der Waals surface area (Å²) in [7, 11) is 0. The van der Waals surface area contributed by atoms with E-state index in [9.17, 15) is 18.8 Å². The number of nitrogens with zero attached hydrogens (tertiary/aromatic N) is 3. The summed E-state index contributed by atoms with van der Waals surface area (Å²) in [5.74, 6) is -1.29. The highest BCUT2D eigenvalue weighted by atomic mass is 19.1. The Morgan fingerprint density at radius 2 is 1.79 bits per heavy atom. The number of fused-ring (bicyclic) bond motifs is 1. The third kappa shape index (κ3) is 4.34. The monoisotopic (exact) mass is 449 g/mol. The fourth-order valence-electron chi connectivity index (χ4n) is 3.99. The van der Waals surface area contributed by atoms with Crippen LogP contribution in [0.4, 0.5) is 15.8 Å². The molecule has 170 valence electrons. The van der Waals surface area contributed by atoms with Gasteiger partial charge in [0.15, 0.2) is 0 Å². The van der Waals surface area contributed by atoms with Gasteiger partial charge in [-0.2, -0.15) is 5.10 Å². The van der Waals surface area contributed by atoms with Gasteiger partial charge >= 0.3 is 0 Å². The van der Waals surface area contributed by atoms with Gasteiger partial charge < -0.3 is 10.6 Å². The fraction of sp³-hybridized carbons (Fsp3) is 0.250. The second kappa shape index (κ2) is 8.50. The van der Waals surface area contributed by atoms with Crippen molar-refractivity contribution in [1.29, 1.82) is 0 Å². The summed E-state index contributed by atoms with van der Waals surface area (Å²) in [5.41, 5.74) is 1.62. The average Bonchev–Trinajstić information content (AvgIpc) is 3.14. The summed E-state index contributed by atoms with van der Waals surface area (Å²) in [6.45, 7) is 5.23. The minimum atomic E-state index is -1.28. The summed E-state index contributed by atoms with van der Waals surface area (Å²) < 4.78 is 14.7. The molecule has 0 radical (unpaired) electrons. The van der Waals surface area contributed by atoms with Gasteiger partial charge in [-0.25, -0.2) is 4.39 Å². The number of halogens is 1. The minimum Gasteiger partial charge on any atom is -0.350 e. The fourth-order valence-corrected chi connectivity index (χ4v) is 3.99. The van der Waals surface area contributed by atoms with E-state index in [-0.39, 0.29) is 36.6 Å². The number of rotatable bonds is 5. The normalized spacial score (nSPS) is 17.5. The van der Waals surface area contributed by atoms with Crippen molar-refractivity contribution in [2.45, 2.75) is 39.4 Å². The van der Waals surface area contributed by atoms with Crippen LogP contribution in [0.5, 0.6) is 0 Å². The summed E-state index contributed by atoms with van der Waals surface area (Å²) in [4.78, 5) is 39.7. The third-order valence-corrected chi connectivity index (χ3v) is 5.58. The lowest BCUT2D eigenvalue weighted by Gasteiger charge is -2.43. The molecule has 8 nitrogen and oxygen atoms in total. The van der Waals surface area contributed by atoms with Gasteiger partial charge in [0, 0.05) is 24.8 Å². The number of hydrogen-bond acceptors (Lipinski definition) is 4. The van der Waals surface area contributed by atoms with Crippen molar-refractivity contribution < 1.29 is 18.8 Å². The maximum atomic E-state index is 13.5. The van der Waals surface area contributed by atoms with Crippen molar-refractivity contribution in [3.63, 3.8) is 0 Å². The van der Waals surface area contributed by atoms with E-state index in [2.05, 4.69) is 15.7 Å². The zero-order valence-corrected chi connectivity index (χ0v) is 18.6. The van der Waals surface area contributed by atoms with E-state index in [0.717, 1.165) is 5.56 Å². The Labute approximate surface area is 190 Å². The van der Waals surface area contributed by atoms with Crippen LogP contribution >= 0.6 is 0 Å². The van der Waals surface area contributed by atoms with Crippen molar-refractivity contribution in [2.24, 2.45) is 0 Å². The van der Waals surface area contributed by atoms with Crippen LogP contribution in [0.15, 0.2) is 54.6 Å². The quantitative estimate of drug-likeness (QED) is 0.626. The highest BCUT2D eigenvalue weighted by Crippen LogP contribution is 2.33. The Morgan fingerprint density at radius 3 is 2.42 bits per heavy atom. The van der Waals surface area contributed by atoms with Crippen molar-refractivity contribution in [3.8, 4) is 0 Å². The third-order valence-electron chi connectivity index (χ3n) is 5.58. The first-order chi connectivity index (χ1) is 15.7. The van der Waals surface area contributed by atoms with Crippen LogP contribution in [-0.2, 0) is 22.7 Å². The summed E-state index contributed by atoms with van der Waals surface area (Å²) in [5, 5.41) is 9.94. The van der Waals surface area contributed by atoms with Crippen LogP contribution in [0.25, 0.3) is 0 Å². The van der Waals surface area contributed by atoms with Gasteiger partial charge in [0.05, 0.1) is 12.2 Å². The molecular weight excluding hydrogens is 425 g/mol. The van der Waals surface area contributed by atoms with Gasteiger partial charge in [0.1, 0.15) is 17.1 Å². The molecule has 1 aliphatic rings. The standard InChI is InChI=1S/C24H24FN5O3/c1-15-12-21-22(32)30(20-10-8-19(9-11-20)27-16(2)31)24(3,14-29(21)28-15)23(33)26-13-17-4-6-18(25)7-5-17/h4-12H,13-14H2,1-3H3,(H,26,33)(H,27,31). The topological polar surface area (TPSA) is 96.3 Å². The predicted octanol–water partition coefficient (Wildman–Crippen LogP) is 3.02. The van der Waals surface area contributed by atoms with E-state index in [4.69, 9.17) is 0 Å². The molecule has 2 N–H and O–H groups in total. The van der Waals surface area contributed by atoms with E-state index in [1.165, 1.54) is 24.0 Å². The van der Waals surface area contributed by atoms with E-state index >= 15 is 0 Å². The smallest absolute Gasteiger partial charge is 0.277 e. The number of amides is 3. The van der Waals surface area contributed by atoms with Crippen LogP contribution in [0.3, 0.4) is 0 Å². The molecule has 0 fully saturated rings. The molecule has 0 aliphatic carbocycles. The maximum absolute atomic E-state index is 13.5. The molecule has 33 heavy (non-hydrogen) atoms.